The topological polar surface area (TPSA) is 95.5 Å². The third-order valence-corrected chi connectivity index (χ3v) is 4.56. The van der Waals surface area contributed by atoms with E-state index in [0.717, 1.165) is 15.6 Å². The van der Waals surface area contributed by atoms with Crippen LogP contribution >= 0.6 is 15.9 Å². The first-order chi connectivity index (χ1) is 14.5. The van der Waals surface area contributed by atoms with Gasteiger partial charge in [-0.2, -0.15) is 5.26 Å². The Labute approximate surface area is 182 Å². The molecule has 30 heavy (non-hydrogen) atoms. The van der Waals surface area contributed by atoms with Crippen LogP contribution in [0, 0.1) is 11.3 Å². The predicted octanol–water partition coefficient (Wildman–Crippen LogP) is 4.45. The number of aromatic carboxylic acids is 1. The zero-order chi connectivity index (χ0) is 21.5. The van der Waals surface area contributed by atoms with Crippen molar-refractivity contribution in [3.8, 4) is 17.6 Å². The van der Waals surface area contributed by atoms with Gasteiger partial charge in [-0.1, -0.05) is 34.1 Å². The average Bonchev–Trinajstić information content (AvgIpc) is 3.21. The molecule has 0 saturated heterocycles. The van der Waals surface area contributed by atoms with Crippen LogP contribution < -0.4 is 14.6 Å². The second kappa shape index (κ2) is 9.81. The SMILES string of the molecule is CCOc1cc(/C=C(\C#N)c2cccc(Br)c2)ccc1OCc1ccc(C(=O)[O-])o1. The first kappa shape index (κ1) is 21.2. The van der Waals surface area contributed by atoms with Crippen LogP contribution in [0.2, 0.25) is 0 Å². The molecule has 7 heteroatoms. The number of ether oxygens (including phenoxy) is 2. The summed E-state index contributed by atoms with van der Waals surface area (Å²) in [6.45, 7) is 2.31. The molecular formula is C23H17BrNO5-. The summed E-state index contributed by atoms with van der Waals surface area (Å²) < 4.78 is 17.4. The van der Waals surface area contributed by atoms with Crippen LogP contribution in [-0.4, -0.2) is 12.6 Å². The molecule has 0 N–H and O–H groups in total. The maximum atomic E-state index is 10.8. The number of hydrogen-bond acceptors (Lipinski definition) is 6. The highest BCUT2D eigenvalue weighted by atomic mass is 79.9. The Balaban J connectivity index is 1.83. The summed E-state index contributed by atoms with van der Waals surface area (Å²) in [5.74, 6) is -0.310. The van der Waals surface area contributed by atoms with Crippen molar-refractivity contribution >= 4 is 33.5 Å². The van der Waals surface area contributed by atoms with Crippen LogP contribution in [0.15, 0.2) is 63.5 Å². The van der Waals surface area contributed by atoms with Crippen molar-refractivity contribution in [3.05, 3.63) is 81.7 Å². The first-order valence-corrected chi connectivity index (χ1v) is 9.87. The van der Waals surface area contributed by atoms with Gasteiger partial charge in [0.15, 0.2) is 11.5 Å². The number of carbonyl (C=O) groups excluding carboxylic acids is 1. The fraction of sp³-hybridized carbons (Fsp3) is 0.130. The fourth-order valence-electron chi connectivity index (χ4n) is 2.72. The van der Waals surface area contributed by atoms with Crippen molar-refractivity contribution in [2.45, 2.75) is 13.5 Å². The summed E-state index contributed by atoms with van der Waals surface area (Å²) in [6, 6.07) is 17.9. The maximum absolute atomic E-state index is 10.8. The van der Waals surface area contributed by atoms with Crippen LogP contribution in [0.5, 0.6) is 11.5 Å². The molecule has 2 aromatic carbocycles. The second-order valence-corrected chi connectivity index (χ2v) is 7.08. The van der Waals surface area contributed by atoms with Gasteiger partial charge in [0.1, 0.15) is 24.1 Å². The Morgan fingerprint density at radius 2 is 2.00 bits per heavy atom. The first-order valence-electron chi connectivity index (χ1n) is 9.07. The minimum Gasteiger partial charge on any atom is -0.542 e. The minimum absolute atomic E-state index is 0.0318. The van der Waals surface area contributed by atoms with E-state index >= 15 is 0 Å². The Morgan fingerprint density at radius 3 is 2.67 bits per heavy atom. The summed E-state index contributed by atoms with van der Waals surface area (Å²) in [5, 5.41) is 20.4. The van der Waals surface area contributed by atoms with Gasteiger partial charge in [-0.3, -0.25) is 0 Å². The van der Waals surface area contributed by atoms with Crippen LogP contribution in [0.1, 0.15) is 34.4 Å². The molecule has 0 spiro atoms. The molecular weight excluding hydrogens is 450 g/mol. The van der Waals surface area contributed by atoms with Gasteiger partial charge in [0.05, 0.1) is 18.2 Å². The number of nitriles is 1. The Hall–Kier alpha value is -3.50. The summed E-state index contributed by atoms with van der Waals surface area (Å²) in [6.07, 6.45) is 1.77. The van der Waals surface area contributed by atoms with E-state index in [4.69, 9.17) is 13.9 Å². The number of nitrogens with zero attached hydrogens (tertiary/aromatic N) is 1. The number of halogens is 1. The van der Waals surface area contributed by atoms with Crippen LogP contribution in [0.25, 0.3) is 11.6 Å². The number of carboxylic acid groups (broad SMARTS) is 1. The number of carbonyl (C=O) groups is 1. The molecule has 0 aliphatic rings. The van der Waals surface area contributed by atoms with Crippen molar-refractivity contribution < 1.29 is 23.8 Å². The molecule has 0 radical (unpaired) electrons. The number of benzene rings is 2. The van der Waals surface area contributed by atoms with Crippen LogP contribution in [-0.2, 0) is 6.61 Å². The molecule has 152 valence electrons. The molecule has 0 fully saturated rings. The number of allylic oxidation sites excluding steroid dienone is 1. The molecule has 0 amide bonds. The highest BCUT2D eigenvalue weighted by Crippen LogP contribution is 2.31. The maximum Gasteiger partial charge on any atom is 0.161 e. The van der Waals surface area contributed by atoms with E-state index in [-0.39, 0.29) is 12.4 Å². The molecule has 0 saturated carbocycles. The van der Waals surface area contributed by atoms with Crippen molar-refractivity contribution in [2.75, 3.05) is 6.61 Å². The summed E-state index contributed by atoms with van der Waals surface area (Å²) in [7, 11) is 0. The van der Waals surface area contributed by atoms with Gasteiger partial charge in [-0.25, -0.2) is 0 Å². The molecule has 3 aromatic rings. The van der Waals surface area contributed by atoms with E-state index in [0.29, 0.717) is 29.4 Å². The predicted molar refractivity (Wildman–Crippen MR) is 113 cm³/mol. The van der Waals surface area contributed by atoms with E-state index in [1.165, 1.54) is 12.1 Å². The quantitative estimate of drug-likeness (QED) is 0.359. The number of hydrogen-bond donors (Lipinski definition) is 0. The third-order valence-electron chi connectivity index (χ3n) is 4.07. The van der Waals surface area contributed by atoms with E-state index in [2.05, 4.69) is 22.0 Å². The van der Waals surface area contributed by atoms with Crippen LogP contribution in [0.4, 0.5) is 0 Å². The molecule has 0 aliphatic heterocycles. The van der Waals surface area contributed by atoms with E-state index in [1.807, 2.05) is 37.3 Å². The largest absolute Gasteiger partial charge is 0.542 e. The standard InChI is InChI=1S/C23H18BrNO5/c1-2-28-22-11-15(10-17(13-25)16-4-3-5-18(24)12-16)6-8-20(22)29-14-19-7-9-21(30-19)23(26)27/h3-12H,2,14H2,1H3,(H,26,27)/p-1/b17-10+. The normalized spacial score (nSPS) is 11.0. The Kier molecular flexibility index (Phi) is 6.94. The van der Waals surface area contributed by atoms with Crippen LogP contribution in [0.3, 0.4) is 0 Å². The zero-order valence-corrected chi connectivity index (χ0v) is 17.6. The van der Waals surface area contributed by atoms with Gasteiger partial charge in [0.2, 0.25) is 0 Å². The van der Waals surface area contributed by atoms with Gasteiger partial charge in [0.25, 0.3) is 0 Å². The van der Waals surface area contributed by atoms with Crippen molar-refractivity contribution in [3.63, 3.8) is 0 Å². The third kappa shape index (κ3) is 5.31. The summed E-state index contributed by atoms with van der Waals surface area (Å²) in [4.78, 5) is 10.8. The average molecular weight is 467 g/mol. The van der Waals surface area contributed by atoms with Gasteiger partial charge >= 0.3 is 0 Å². The molecule has 0 unspecified atom stereocenters. The zero-order valence-electron chi connectivity index (χ0n) is 16.1. The van der Waals surface area contributed by atoms with Crippen molar-refractivity contribution in [1.29, 1.82) is 5.26 Å². The van der Waals surface area contributed by atoms with E-state index < -0.39 is 5.97 Å². The molecule has 0 atom stereocenters. The monoisotopic (exact) mass is 466 g/mol. The van der Waals surface area contributed by atoms with Gasteiger partial charge < -0.3 is 23.8 Å². The van der Waals surface area contributed by atoms with Gasteiger partial charge in [-0.05, 0) is 60.5 Å². The molecule has 1 aromatic heterocycles. The van der Waals surface area contributed by atoms with E-state index in [1.54, 1.807) is 18.2 Å². The summed E-state index contributed by atoms with van der Waals surface area (Å²) >= 11 is 3.42. The lowest BCUT2D eigenvalue weighted by molar-refractivity contribution is -0.257. The molecule has 6 nitrogen and oxygen atoms in total. The minimum atomic E-state index is -1.38. The smallest absolute Gasteiger partial charge is 0.161 e. The molecule has 1 heterocycles. The summed E-state index contributed by atoms with van der Waals surface area (Å²) in [5.41, 5.74) is 2.09. The fourth-order valence-corrected chi connectivity index (χ4v) is 3.12. The molecule has 3 rings (SSSR count). The number of carboxylic acids is 1. The molecule has 0 aliphatic carbocycles. The number of rotatable bonds is 8. The lowest BCUT2D eigenvalue weighted by Gasteiger charge is -2.12. The molecule has 0 bridgehead atoms. The number of furan rings is 1. The van der Waals surface area contributed by atoms with Crippen molar-refractivity contribution in [1.82, 2.24) is 0 Å². The Morgan fingerprint density at radius 1 is 1.17 bits per heavy atom. The lowest BCUT2D eigenvalue weighted by Crippen LogP contribution is -2.21. The van der Waals surface area contributed by atoms with Crippen molar-refractivity contribution in [2.24, 2.45) is 0 Å². The second-order valence-electron chi connectivity index (χ2n) is 6.16. The highest BCUT2D eigenvalue weighted by molar-refractivity contribution is 9.10. The van der Waals surface area contributed by atoms with Gasteiger partial charge in [-0.15, -0.1) is 0 Å². The van der Waals surface area contributed by atoms with E-state index in [9.17, 15) is 15.2 Å². The van der Waals surface area contributed by atoms with Gasteiger partial charge in [0, 0.05) is 4.47 Å². The lowest BCUT2D eigenvalue weighted by atomic mass is 10.0. The Bertz CT molecular complexity index is 1130. The highest BCUT2D eigenvalue weighted by Gasteiger charge is 2.10.